The van der Waals surface area contributed by atoms with Crippen LogP contribution in [0.3, 0.4) is 0 Å². The largest absolute Gasteiger partial charge is 0.475 e. The number of halogens is 2. The Morgan fingerprint density at radius 3 is 2.68 bits per heavy atom. The molecule has 2 fully saturated rings. The monoisotopic (exact) mass is 571 g/mol. The molecule has 3 aromatic carbocycles. The lowest BCUT2D eigenvalue weighted by molar-refractivity contribution is -0.119. The average Bonchev–Trinajstić information content (AvgIpc) is 3.29. The Hall–Kier alpha value is -3.88. The zero-order valence-electron chi connectivity index (χ0n) is 22.8. The van der Waals surface area contributed by atoms with Crippen LogP contribution in [0.15, 0.2) is 77.7 Å². The molecular formula is C32H31ClFN5O2. The fourth-order valence-electron chi connectivity index (χ4n) is 6.41. The van der Waals surface area contributed by atoms with Crippen LogP contribution >= 0.6 is 11.6 Å². The summed E-state index contributed by atoms with van der Waals surface area (Å²) in [5.74, 6) is 0.315. The van der Waals surface area contributed by atoms with Crippen molar-refractivity contribution in [2.24, 2.45) is 12.5 Å². The molecule has 1 saturated carbocycles. The second-order valence-electron chi connectivity index (χ2n) is 11.5. The maximum Gasteiger partial charge on any atom is 0.262 e. The molecule has 0 bridgehead atoms. The number of fused-ring (bicyclic) bond motifs is 2. The van der Waals surface area contributed by atoms with Gasteiger partial charge in [-0.1, -0.05) is 54.1 Å². The highest BCUT2D eigenvalue weighted by atomic mass is 35.5. The molecule has 210 valence electrons. The molecule has 0 atom stereocenters. The van der Waals surface area contributed by atoms with Crippen LogP contribution < -0.4 is 15.6 Å². The first kappa shape index (κ1) is 26.0. The highest BCUT2D eigenvalue weighted by Gasteiger charge is 2.53. The van der Waals surface area contributed by atoms with E-state index in [4.69, 9.17) is 16.3 Å². The summed E-state index contributed by atoms with van der Waals surface area (Å²) in [5.41, 5.74) is 2.55. The maximum absolute atomic E-state index is 14.8. The number of pyridine rings is 1. The minimum Gasteiger partial charge on any atom is -0.475 e. The Labute approximate surface area is 242 Å². The molecular weight excluding hydrogens is 541 g/mol. The third-order valence-corrected chi connectivity index (χ3v) is 8.79. The summed E-state index contributed by atoms with van der Waals surface area (Å²) in [6, 6.07) is 20.8. The second kappa shape index (κ2) is 10.2. The molecule has 41 heavy (non-hydrogen) atoms. The third-order valence-electron chi connectivity index (χ3n) is 8.47. The molecule has 1 N–H and O–H groups in total. The average molecular weight is 572 g/mol. The van der Waals surface area contributed by atoms with E-state index < -0.39 is 0 Å². The Bertz CT molecular complexity index is 1800. The first-order chi connectivity index (χ1) is 19.9. The molecule has 1 spiro atoms. The Morgan fingerprint density at radius 2 is 1.88 bits per heavy atom. The van der Waals surface area contributed by atoms with Crippen LogP contribution in [0.4, 0.5) is 10.1 Å². The minimum atomic E-state index is -0.263. The van der Waals surface area contributed by atoms with Gasteiger partial charge in [0.15, 0.2) is 5.88 Å². The van der Waals surface area contributed by atoms with Gasteiger partial charge in [0, 0.05) is 56.3 Å². The van der Waals surface area contributed by atoms with E-state index >= 15 is 0 Å². The van der Waals surface area contributed by atoms with Crippen molar-refractivity contribution in [3.05, 3.63) is 99.7 Å². The van der Waals surface area contributed by atoms with Crippen LogP contribution in [-0.2, 0) is 13.6 Å². The maximum atomic E-state index is 14.8. The molecule has 2 aromatic heterocycles. The lowest BCUT2D eigenvalue weighted by atomic mass is 9.62. The van der Waals surface area contributed by atoms with Gasteiger partial charge in [-0.25, -0.2) is 4.39 Å². The number of nitrogens with zero attached hydrogens (tertiary/aromatic N) is 4. The summed E-state index contributed by atoms with van der Waals surface area (Å²) in [4.78, 5) is 15.2. The molecule has 0 radical (unpaired) electrons. The fourth-order valence-corrected chi connectivity index (χ4v) is 6.67. The molecule has 1 saturated heterocycles. The Kier molecular flexibility index (Phi) is 6.47. The normalized spacial score (nSPS) is 16.7. The highest BCUT2D eigenvalue weighted by Crippen LogP contribution is 2.49. The fraction of sp³-hybridized carbons (Fsp3) is 0.312. The highest BCUT2D eigenvalue weighted by molar-refractivity contribution is 6.35. The topological polar surface area (TPSA) is 64.3 Å². The molecule has 7 rings (SSSR count). The van der Waals surface area contributed by atoms with Crippen LogP contribution in [0.1, 0.15) is 18.4 Å². The molecule has 1 aliphatic carbocycles. The predicted molar refractivity (Wildman–Crippen MR) is 160 cm³/mol. The number of rotatable bonds is 8. The smallest absolute Gasteiger partial charge is 0.262 e. The lowest BCUT2D eigenvalue weighted by Crippen LogP contribution is -2.65. The zero-order valence-corrected chi connectivity index (χ0v) is 23.6. The SMILES string of the molecule is Cn1c(OC2CC3(C2)CN(CCNc2cc4nn(Cc5ccccc5)cc4cc2F)C3)cc2cccc(Cl)c2c1=O. The summed E-state index contributed by atoms with van der Waals surface area (Å²) in [6.07, 6.45) is 3.92. The number of likely N-dealkylation sites (tertiary alicyclic amines) is 1. The van der Waals surface area contributed by atoms with Crippen LogP contribution in [-0.4, -0.2) is 51.5 Å². The quantitative estimate of drug-likeness (QED) is 0.259. The van der Waals surface area contributed by atoms with Gasteiger partial charge in [-0.2, -0.15) is 5.10 Å². The van der Waals surface area contributed by atoms with Crippen LogP contribution in [0.25, 0.3) is 21.7 Å². The number of hydrogen-bond acceptors (Lipinski definition) is 5. The first-order valence-electron chi connectivity index (χ1n) is 14.0. The van der Waals surface area contributed by atoms with Crippen molar-refractivity contribution < 1.29 is 9.13 Å². The van der Waals surface area contributed by atoms with E-state index in [1.807, 2.05) is 47.3 Å². The molecule has 1 aliphatic heterocycles. The number of nitrogens with one attached hydrogen (secondary N) is 1. The Balaban J connectivity index is 0.902. The van der Waals surface area contributed by atoms with Gasteiger partial charge in [0.2, 0.25) is 0 Å². The van der Waals surface area contributed by atoms with Crippen LogP contribution in [0, 0.1) is 11.2 Å². The molecule has 7 nitrogen and oxygen atoms in total. The third kappa shape index (κ3) is 4.96. The number of benzene rings is 3. The van der Waals surface area contributed by atoms with E-state index in [1.165, 1.54) is 0 Å². The van der Waals surface area contributed by atoms with Gasteiger partial charge in [0.05, 0.1) is 28.2 Å². The van der Waals surface area contributed by atoms with Gasteiger partial charge >= 0.3 is 0 Å². The number of hydrogen-bond donors (Lipinski definition) is 1. The zero-order chi connectivity index (χ0) is 28.1. The van der Waals surface area contributed by atoms with Crippen LogP contribution in [0.2, 0.25) is 5.02 Å². The van der Waals surface area contributed by atoms with Crippen molar-refractivity contribution in [2.75, 3.05) is 31.5 Å². The van der Waals surface area contributed by atoms with Gasteiger partial charge in [-0.3, -0.25) is 14.0 Å². The molecule has 0 unspecified atom stereocenters. The number of anilines is 1. The van der Waals surface area contributed by atoms with Crippen molar-refractivity contribution in [1.82, 2.24) is 19.2 Å². The van der Waals surface area contributed by atoms with E-state index in [2.05, 4.69) is 27.4 Å². The number of ether oxygens (including phenoxy) is 1. The Morgan fingerprint density at radius 1 is 1.07 bits per heavy atom. The van der Waals surface area contributed by atoms with Crippen molar-refractivity contribution in [2.45, 2.75) is 25.5 Å². The van der Waals surface area contributed by atoms with Crippen molar-refractivity contribution in [3.63, 3.8) is 0 Å². The summed E-state index contributed by atoms with van der Waals surface area (Å²) in [5, 5.41) is 10.5. The van der Waals surface area contributed by atoms with Gasteiger partial charge in [0.25, 0.3) is 5.56 Å². The van der Waals surface area contributed by atoms with E-state index in [-0.39, 0.29) is 22.9 Å². The lowest BCUT2D eigenvalue weighted by Gasteiger charge is -2.58. The van der Waals surface area contributed by atoms with Crippen LogP contribution in [0.5, 0.6) is 5.88 Å². The minimum absolute atomic E-state index is 0.0973. The standard InChI is InChI=1S/C32H31ClFN5O2/c1-37-29(13-22-8-5-9-25(33)30(22)31(37)40)41-24-15-32(16-24)19-38(20-32)11-10-35-28-14-27-23(12-26(28)34)18-39(36-27)17-21-6-3-2-4-7-21/h2-9,12-14,18,24,35H,10-11,15-17,19-20H2,1H3. The van der Waals surface area contributed by atoms with E-state index in [1.54, 1.807) is 29.8 Å². The van der Waals surface area contributed by atoms with Crippen molar-refractivity contribution in [1.29, 1.82) is 0 Å². The summed E-state index contributed by atoms with van der Waals surface area (Å²) in [6.45, 7) is 4.16. The van der Waals surface area contributed by atoms with Gasteiger partial charge < -0.3 is 15.0 Å². The van der Waals surface area contributed by atoms with Crippen molar-refractivity contribution >= 4 is 39.0 Å². The molecule has 5 aromatic rings. The van der Waals surface area contributed by atoms with Crippen molar-refractivity contribution in [3.8, 4) is 5.88 Å². The number of aromatic nitrogens is 3. The first-order valence-corrected chi connectivity index (χ1v) is 14.4. The molecule has 2 aliphatic rings. The summed E-state index contributed by atoms with van der Waals surface area (Å²) < 4.78 is 24.4. The predicted octanol–water partition coefficient (Wildman–Crippen LogP) is 5.68. The summed E-state index contributed by atoms with van der Waals surface area (Å²) in [7, 11) is 1.73. The van der Waals surface area contributed by atoms with E-state index in [0.29, 0.717) is 35.1 Å². The van der Waals surface area contributed by atoms with E-state index in [9.17, 15) is 9.18 Å². The molecule has 9 heteroatoms. The summed E-state index contributed by atoms with van der Waals surface area (Å²) >= 11 is 6.25. The van der Waals surface area contributed by atoms with Gasteiger partial charge in [-0.15, -0.1) is 0 Å². The van der Waals surface area contributed by atoms with Gasteiger partial charge in [0.1, 0.15) is 11.9 Å². The molecule has 0 amide bonds. The second-order valence-corrected chi connectivity index (χ2v) is 11.9. The van der Waals surface area contributed by atoms with Gasteiger partial charge in [-0.05, 0) is 42.0 Å². The van der Waals surface area contributed by atoms with E-state index in [0.717, 1.165) is 54.3 Å². The molecule has 3 heterocycles.